The maximum absolute atomic E-state index is 10.5. The second-order valence-electron chi connectivity index (χ2n) is 9.36. The van der Waals surface area contributed by atoms with Gasteiger partial charge >= 0.3 is 29.6 Å². The summed E-state index contributed by atoms with van der Waals surface area (Å²) in [5.41, 5.74) is 1.65. The van der Waals surface area contributed by atoms with Gasteiger partial charge in [0.25, 0.3) is 0 Å². The van der Waals surface area contributed by atoms with Gasteiger partial charge in [-0.05, 0) is 74.9 Å². The molecule has 0 amide bonds. The predicted octanol–water partition coefficient (Wildman–Crippen LogP) is 5.47. The first-order valence-corrected chi connectivity index (χ1v) is 13.6. The average Bonchev–Trinajstić information content (AvgIpc) is 2.87. The number of carboxylic acid groups (broad SMARTS) is 1. The van der Waals surface area contributed by atoms with Crippen molar-refractivity contribution in [2.24, 2.45) is 10.2 Å². The number of hydrogen-bond acceptors (Lipinski definition) is 5. The molecule has 5 nitrogen and oxygen atoms in total. The first-order valence-electron chi connectivity index (χ1n) is 13.6. The van der Waals surface area contributed by atoms with Gasteiger partial charge in [0, 0.05) is 5.97 Å². The van der Waals surface area contributed by atoms with Crippen molar-refractivity contribution < 1.29 is 44.2 Å². The Labute approximate surface area is 240 Å². The molecule has 36 heavy (non-hydrogen) atoms. The van der Waals surface area contributed by atoms with E-state index in [0.29, 0.717) is 0 Å². The summed E-state index contributed by atoms with van der Waals surface area (Å²) in [7, 11) is 0. The van der Waals surface area contributed by atoms with Gasteiger partial charge in [-0.2, -0.15) is 10.2 Å². The molecule has 2 aromatic rings. The van der Waals surface area contributed by atoms with Crippen LogP contribution in [0.4, 0.5) is 11.4 Å². The van der Waals surface area contributed by atoms with Gasteiger partial charge in [-0.25, -0.2) is 0 Å². The number of aliphatic carboxylic acids is 1. The maximum Gasteiger partial charge on any atom is 1.00 e. The van der Waals surface area contributed by atoms with Crippen molar-refractivity contribution in [1.29, 1.82) is 0 Å². The normalized spacial score (nSPS) is 11.8. The van der Waals surface area contributed by atoms with Crippen LogP contribution in [0.2, 0.25) is 0 Å². The van der Waals surface area contributed by atoms with Gasteiger partial charge in [0.15, 0.2) is 0 Å². The standard InChI is InChI=1S/C30H44N2O3.Na/c1-2-3-4-5-8-14-19-28(20-15-9-6-7-10-16-21-30(33)34)35-29-24-22-27(23-25-29)32-31-26-17-12-11-13-18-26;/h11-13,17-18,22-25,28H,2-10,14-16,19-21H2,1H3,(H,33,34);/q;+1/p-1. The van der Waals surface area contributed by atoms with Gasteiger partial charge in [-0.1, -0.05) is 82.9 Å². The summed E-state index contributed by atoms with van der Waals surface area (Å²) in [4.78, 5) is 10.5. The van der Waals surface area contributed by atoms with Crippen LogP contribution in [0.15, 0.2) is 64.8 Å². The molecule has 192 valence electrons. The molecule has 1 unspecified atom stereocenters. The zero-order valence-electron chi connectivity index (χ0n) is 22.5. The van der Waals surface area contributed by atoms with E-state index in [1.54, 1.807) is 0 Å². The van der Waals surface area contributed by atoms with Crippen LogP contribution >= 0.6 is 0 Å². The van der Waals surface area contributed by atoms with Gasteiger partial charge in [0.05, 0.1) is 17.5 Å². The van der Waals surface area contributed by atoms with Crippen molar-refractivity contribution in [2.75, 3.05) is 0 Å². The quantitative estimate of drug-likeness (QED) is 0.137. The van der Waals surface area contributed by atoms with Crippen LogP contribution in [0.3, 0.4) is 0 Å². The van der Waals surface area contributed by atoms with Crippen LogP contribution in [-0.2, 0) is 4.79 Å². The summed E-state index contributed by atoms with van der Waals surface area (Å²) in [5.74, 6) is -0.0473. The molecule has 0 aromatic heterocycles. The van der Waals surface area contributed by atoms with Crippen LogP contribution < -0.4 is 39.4 Å². The molecule has 0 aliphatic carbocycles. The summed E-state index contributed by atoms with van der Waals surface area (Å²) < 4.78 is 6.39. The smallest absolute Gasteiger partial charge is 0.550 e. The van der Waals surface area contributed by atoms with E-state index in [4.69, 9.17) is 4.74 Å². The zero-order chi connectivity index (χ0) is 25.0. The van der Waals surface area contributed by atoms with E-state index < -0.39 is 5.97 Å². The monoisotopic (exact) mass is 502 g/mol. The Hall–Kier alpha value is -1.69. The summed E-state index contributed by atoms with van der Waals surface area (Å²) in [6.45, 7) is 2.25. The summed E-state index contributed by atoms with van der Waals surface area (Å²) in [6.07, 6.45) is 16.6. The number of carbonyl (C=O) groups excluding carboxylic acids is 1. The van der Waals surface area contributed by atoms with Crippen LogP contribution in [0.1, 0.15) is 103 Å². The Morgan fingerprint density at radius 2 is 1.22 bits per heavy atom. The molecule has 1 atom stereocenters. The van der Waals surface area contributed by atoms with E-state index in [2.05, 4.69) is 17.2 Å². The first-order chi connectivity index (χ1) is 17.2. The third-order valence-electron chi connectivity index (χ3n) is 6.21. The van der Waals surface area contributed by atoms with Crippen molar-refractivity contribution in [2.45, 2.75) is 109 Å². The van der Waals surface area contributed by atoms with Crippen LogP contribution in [0.5, 0.6) is 5.75 Å². The van der Waals surface area contributed by atoms with Crippen molar-refractivity contribution >= 4 is 17.3 Å². The summed E-state index contributed by atoms with van der Waals surface area (Å²) in [6, 6.07) is 17.6. The van der Waals surface area contributed by atoms with Crippen molar-refractivity contribution in [3.05, 3.63) is 54.6 Å². The van der Waals surface area contributed by atoms with Crippen molar-refractivity contribution in [3.8, 4) is 5.75 Å². The number of azo groups is 1. The van der Waals surface area contributed by atoms with Crippen molar-refractivity contribution in [3.63, 3.8) is 0 Å². The van der Waals surface area contributed by atoms with Gasteiger partial charge in [-0.15, -0.1) is 0 Å². The molecular formula is C30H43N2NaO3. The molecule has 0 heterocycles. The van der Waals surface area contributed by atoms with Crippen LogP contribution in [0, 0.1) is 0 Å². The summed E-state index contributed by atoms with van der Waals surface area (Å²) in [5, 5.41) is 19.1. The third-order valence-corrected chi connectivity index (χ3v) is 6.21. The van der Waals surface area contributed by atoms with Crippen LogP contribution in [0.25, 0.3) is 0 Å². The van der Waals surface area contributed by atoms with E-state index in [-0.39, 0.29) is 42.1 Å². The maximum atomic E-state index is 10.5. The van der Waals surface area contributed by atoms with E-state index in [1.165, 1.54) is 44.9 Å². The first kappa shape index (κ1) is 32.3. The molecule has 0 aliphatic rings. The SMILES string of the molecule is CCCCCCCCC(CCCCCCCCC(=O)[O-])Oc1ccc(N=Nc2ccccc2)cc1.[Na+]. The number of hydrogen-bond donors (Lipinski definition) is 0. The Morgan fingerprint density at radius 1 is 0.722 bits per heavy atom. The zero-order valence-corrected chi connectivity index (χ0v) is 24.5. The van der Waals surface area contributed by atoms with Gasteiger partial charge in [-0.3, -0.25) is 0 Å². The minimum Gasteiger partial charge on any atom is -0.550 e. The fourth-order valence-corrected chi connectivity index (χ4v) is 4.16. The summed E-state index contributed by atoms with van der Waals surface area (Å²) >= 11 is 0. The van der Waals surface area contributed by atoms with Gasteiger partial charge in [0.1, 0.15) is 5.75 Å². The molecule has 0 fully saturated rings. The molecule has 2 rings (SSSR count). The molecule has 0 saturated carbocycles. The number of ether oxygens (including phenoxy) is 1. The number of rotatable bonds is 20. The van der Waals surface area contributed by atoms with E-state index in [9.17, 15) is 9.90 Å². The topological polar surface area (TPSA) is 74.1 Å². The minimum atomic E-state index is -0.938. The van der Waals surface area contributed by atoms with Gasteiger partial charge < -0.3 is 14.6 Å². The molecule has 0 aliphatic heterocycles. The molecule has 0 spiro atoms. The molecule has 0 saturated heterocycles. The number of benzene rings is 2. The number of carboxylic acids is 1. The number of nitrogens with zero attached hydrogens (tertiary/aromatic N) is 2. The van der Waals surface area contributed by atoms with Crippen molar-refractivity contribution in [1.82, 2.24) is 0 Å². The fourth-order valence-electron chi connectivity index (χ4n) is 4.16. The van der Waals surface area contributed by atoms with E-state index >= 15 is 0 Å². The molecule has 0 radical (unpaired) electrons. The van der Waals surface area contributed by atoms with Gasteiger partial charge in [0.2, 0.25) is 0 Å². The second kappa shape index (κ2) is 21.4. The van der Waals surface area contributed by atoms with E-state index in [1.807, 2.05) is 54.6 Å². The minimum absolute atomic E-state index is 0. The van der Waals surface area contributed by atoms with Crippen LogP contribution in [-0.4, -0.2) is 12.1 Å². The molecule has 0 bridgehead atoms. The Kier molecular flexibility index (Phi) is 19.2. The predicted molar refractivity (Wildman–Crippen MR) is 141 cm³/mol. The Bertz CT molecular complexity index is 828. The third kappa shape index (κ3) is 16.1. The molecule has 2 aromatic carbocycles. The van der Waals surface area contributed by atoms with E-state index in [0.717, 1.165) is 62.1 Å². The fraction of sp³-hybridized carbons (Fsp3) is 0.567. The molecular weight excluding hydrogens is 459 g/mol. The number of unbranched alkanes of at least 4 members (excludes halogenated alkanes) is 10. The Balaban J connectivity index is 0.00000648. The largest absolute Gasteiger partial charge is 1.00 e. The second-order valence-corrected chi connectivity index (χ2v) is 9.36. The molecule has 0 N–H and O–H groups in total. The molecule has 6 heteroatoms. The Morgan fingerprint density at radius 3 is 1.78 bits per heavy atom. The number of carbonyl (C=O) groups is 1. The average molecular weight is 503 g/mol.